The average Bonchev–Trinajstić information content (AvgIpc) is 3.24. The number of carbonyl (C=O) groups excluding carboxylic acids is 2. The van der Waals surface area contributed by atoms with Crippen LogP contribution in [-0.4, -0.2) is 56.7 Å². The molecule has 1 atom stereocenters. The number of anilines is 1. The molecular weight excluding hydrogens is 366 g/mol. The fraction of sp³-hybridized carbons (Fsp3) is 0.368. The van der Waals surface area contributed by atoms with Crippen molar-refractivity contribution in [1.29, 1.82) is 0 Å². The first kappa shape index (κ1) is 19.3. The van der Waals surface area contributed by atoms with Crippen molar-refractivity contribution in [2.75, 3.05) is 45.3 Å². The van der Waals surface area contributed by atoms with Gasteiger partial charge in [-0.2, -0.15) is 0 Å². The Bertz CT molecular complexity index is 743. The number of benzene rings is 1. The number of methoxy groups -OCH3 is 1. The monoisotopic (exact) mass is 389 g/mol. The van der Waals surface area contributed by atoms with Gasteiger partial charge in [0.05, 0.1) is 26.4 Å². The van der Waals surface area contributed by atoms with Gasteiger partial charge in [-0.15, -0.1) is 11.3 Å². The number of morpholine rings is 1. The topological polar surface area (TPSA) is 79.9 Å². The molecule has 8 heteroatoms. The Hall–Kier alpha value is -2.42. The van der Waals surface area contributed by atoms with E-state index in [2.05, 4.69) is 15.5 Å². The normalized spacial score (nSPS) is 15.7. The standard InChI is InChI=1S/C19H23N3O4S/c1-25-15-6-4-14(5-7-15)21-19(24)18(23)20-13-16(17-3-2-12-27-17)22-8-10-26-11-9-22/h2-7,12,16H,8-11,13H2,1H3,(H,20,23)(H,21,24). The Morgan fingerprint density at radius 3 is 2.56 bits per heavy atom. The highest BCUT2D eigenvalue weighted by Crippen LogP contribution is 2.25. The lowest BCUT2D eigenvalue weighted by atomic mass is 10.2. The van der Waals surface area contributed by atoms with Gasteiger partial charge in [0.2, 0.25) is 0 Å². The van der Waals surface area contributed by atoms with Gasteiger partial charge >= 0.3 is 11.8 Å². The highest BCUT2D eigenvalue weighted by molar-refractivity contribution is 7.10. The molecule has 144 valence electrons. The van der Waals surface area contributed by atoms with Gasteiger partial charge < -0.3 is 20.1 Å². The second-order valence-corrected chi connectivity index (χ2v) is 7.05. The summed E-state index contributed by atoms with van der Waals surface area (Å²) >= 11 is 1.64. The lowest BCUT2D eigenvalue weighted by Gasteiger charge is -2.34. The molecule has 2 N–H and O–H groups in total. The van der Waals surface area contributed by atoms with Crippen molar-refractivity contribution in [3.63, 3.8) is 0 Å². The first-order valence-corrected chi connectivity index (χ1v) is 9.64. The van der Waals surface area contributed by atoms with E-state index in [4.69, 9.17) is 9.47 Å². The van der Waals surface area contributed by atoms with Crippen LogP contribution in [0.3, 0.4) is 0 Å². The Morgan fingerprint density at radius 2 is 1.93 bits per heavy atom. The van der Waals surface area contributed by atoms with Gasteiger partial charge in [0.15, 0.2) is 0 Å². The largest absolute Gasteiger partial charge is 0.497 e. The van der Waals surface area contributed by atoms with E-state index < -0.39 is 11.8 Å². The minimum Gasteiger partial charge on any atom is -0.497 e. The molecule has 27 heavy (non-hydrogen) atoms. The van der Waals surface area contributed by atoms with Crippen LogP contribution in [0.2, 0.25) is 0 Å². The molecule has 2 aromatic rings. The van der Waals surface area contributed by atoms with Crippen LogP contribution in [-0.2, 0) is 14.3 Å². The zero-order chi connectivity index (χ0) is 19.1. The summed E-state index contributed by atoms with van der Waals surface area (Å²) < 4.78 is 10.5. The van der Waals surface area contributed by atoms with Crippen molar-refractivity contribution < 1.29 is 19.1 Å². The van der Waals surface area contributed by atoms with Gasteiger partial charge in [-0.3, -0.25) is 14.5 Å². The molecule has 1 saturated heterocycles. The Labute approximate surface area is 162 Å². The van der Waals surface area contributed by atoms with Crippen LogP contribution in [0, 0.1) is 0 Å². The summed E-state index contributed by atoms with van der Waals surface area (Å²) in [6.45, 7) is 3.32. The highest BCUT2D eigenvalue weighted by Gasteiger charge is 2.25. The molecule has 1 aromatic heterocycles. The molecule has 1 fully saturated rings. The molecule has 0 radical (unpaired) electrons. The molecule has 1 aliphatic heterocycles. The lowest BCUT2D eigenvalue weighted by molar-refractivity contribution is -0.136. The molecule has 1 unspecified atom stereocenters. The Balaban J connectivity index is 1.57. The second kappa shape index (κ2) is 9.50. The van der Waals surface area contributed by atoms with Crippen LogP contribution < -0.4 is 15.4 Å². The molecule has 2 heterocycles. The second-order valence-electron chi connectivity index (χ2n) is 6.07. The molecule has 3 rings (SSSR count). The van der Waals surface area contributed by atoms with E-state index in [-0.39, 0.29) is 6.04 Å². The molecule has 1 aliphatic rings. The number of amides is 2. The highest BCUT2D eigenvalue weighted by atomic mass is 32.1. The van der Waals surface area contributed by atoms with Crippen LogP contribution in [0.5, 0.6) is 5.75 Å². The third-order valence-electron chi connectivity index (χ3n) is 4.37. The minimum absolute atomic E-state index is 0.0339. The number of hydrogen-bond acceptors (Lipinski definition) is 6. The summed E-state index contributed by atoms with van der Waals surface area (Å²) in [5.41, 5.74) is 0.541. The molecule has 0 bridgehead atoms. The maximum absolute atomic E-state index is 12.2. The molecule has 7 nitrogen and oxygen atoms in total. The van der Waals surface area contributed by atoms with Gasteiger partial charge in [-0.1, -0.05) is 6.07 Å². The molecule has 1 aromatic carbocycles. The summed E-state index contributed by atoms with van der Waals surface area (Å²) in [6, 6.07) is 10.9. The van der Waals surface area contributed by atoms with Crippen molar-refractivity contribution in [2.45, 2.75) is 6.04 Å². The van der Waals surface area contributed by atoms with E-state index in [9.17, 15) is 9.59 Å². The van der Waals surface area contributed by atoms with E-state index >= 15 is 0 Å². The lowest BCUT2D eigenvalue weighted by Crippen LogP contribution is -2.45. The van der Waals surface area contributed by atoms with Gasteiger partial charge in [0.25, 0.3) is 0 Å². The van der Waals surface area contributed by atoms with E-state index in [1.807, 2.05) is 17.5 Å². The van der Waals surface area contributed by atoms with Gasteiger partial charge in [-0.25, -0.2) is 0 Å². The van der Waals surface area contributed by atoms with Crippen LogP contribution in [0.1, 0.15) is 10.9 Å². The van der Waals surface area contributed by atoms with Gasteiger partial charge in [0, 0.05) is 30.2 Å². The van der Waals surface area contributed by atoms with Crippen LogP contribution in [0.25, 0.3) is 0 Å². The first-order chi connectivity index (χ1) is 13.2. The first-order valence-electron chi connectivity index (χ1n) is 8.76. The molecule has 0 spiro atoms. The molecule has 0 aliphatic carbocycles. The summed E-state index contributed by atoms with van der Waals surface area (Å²) in [5, 5.41) is 7.37. The maximum atomic E-state index is 12.2. The zero-order valence-corrected chi connectivity index (χ0v) is 16.0. The summed E-state index contributed by atoms with van der Waals surface area (Å²) in [7, 11) is 1.57. The third-order valence-corrected chi connectivity index (χ3v) is 5.34. The van der Waals surface area contributed by atoms with E-state index in [0.29, 0.717) is 31.2 Å². The molecule has 2 amide bonds. The summed E-state index contributed by atoms with van der Waals surface area (Å²) in [5.74, 6) is -0.658. The van der Waals surface area contributed by atoms with Crippen LogP contribution in [0.15, 0.2) is 41.8 Å². The number of nitrogens with one attached hydrogen (secondary N) is 2. The van der Waals surface area contributed by atoms with Gasteiger partial charge in [0.1, 0.15) is 5.75 Å². The van der Waals surface area contributed by atoms with E-state index in [1.54, 1.807) is 42.7 Å². The Kier molecular flexibility index (Phi) is 6.80. The van der Waals surface area contributed by atoms with E-state index in [0.717, 1.165) is 18.0 Å². The summed E-state index contributed by atoms with van der Waals surface area (Å²) in [6.07, 6.45) is 0. The van der Waals surface area contributed by atoms with Crippen molar-refractivity contribution in [3.05, 3.63) is 46.7 Å². The SMILES string of the molecule is COc1ccc(NC(=O)C(=O)NCC(c2cccs2)N2CCOCC2)cc1. The Morgan fingerprint density at radius 1 is 1.19 bits per heavy atom. The van der Waals surface area contributed by atoms with Crippen molar-refractivity contribution >= 4 is 28.8 Å². The number of ether oxygens (including phenoxy) is 2. The number of carbonyl (C=O) groups is 2. The van der Waals surface area contributed by atoms with Crippen molar-refractivity contribution in [1.82, 2.24) is 10.2 Å². The number of nitrogens with zero attached hydrogens (tertiary/aromatic N) is 1. The van der Waals surface area contributed by atoms with Gasteiger partial charge in [-0.05, 0) is 35.7 Å². The minimum atomic E-state index is -0.688. The van der Waals surface area contributed by atoms with Crippen LogP contribution in [0.4, 0.5) is 5.69 Å². The number of hydrogen-bond donors (Lipinski definition) is 2. The zero-order valence-electron chi connectivity index (χ0n) is 15.1. The smallest absolute Gasteiger partial charge is 0.313 e. The molecule has 0 saturated carbocycles. The predicted octanol–water partition coefficient (Wildman–Crippen LogP) is 1.88. The molecular formula is C19H23N3O4S. The quantitative estimate of drug-likeness (QED) is 0.738. The fourth-order valence-corrected chi connectivity index (χ4v) is 3.77. The number of rotatable bonds is 6. The fourth-order valence-electron chi connectivity index (χ4n) is 2.91. The van der Waals surface area contributed by atoms with Crippen molar-refractivity contribution in [3.8, 4) is 5.75 Å². The van der Waals surface area contributed by atoms with Crippen LogP contribution >= 0.6 is 11.3 Å². The predicted molar refractivity (Wildman–Crippen MR) is 104 cm³/mol. The number of thiophene rings is 1. The van der Waals surface area contributed by atoms with E-state index in [1.165, 1.54) is 0 Å². The van der Waals surface area contributed by atoms with Crippen molar-refractivity contribution in [2.24, 2.45) is 0 Å². The third kappa shape index (κ3) is 5.29. The maximum Gasteiger partial charge on any atom is 0.313 e. The summed E-state index contributed by atoms with van der Waals surface area (Å²) in [4.78, 5) is 27.8. The average molecular weight is 389 g/mol.